The molecule has 0 spiro atoms. The number of rotatable bonds is 5. The van der Waals surface area contributed by atoms with E-state index in [0.717, 1.165) is 22.1 Å². The summed E-state index contributed by atoms with van der Waals surface area (Å²) in [5.74, 6) is -0.681. The van der Waals surface area contributed by atoms with Gasteiger partial charge in [0.15, 0.2) is 0 Å². The van der Waals surface area contributed by atoms with Gasteiger partial charge in [0.25, 0.3) is 0 Å². The predicted molar refractivity (Wildman–Crippen MR) is 60.3 cm³/mol. The van der Waals surface area contributed by atoms with Crippen molar-refractivity contribution in [3.05, 3.63) is 21.3 Å². The third-order valence-corrected chi connectivity index (χ3v) is 3.93. The summed E-state index contributed by atoms with van der Waals surface area (Å²) in [4.78, 5) is 12.0. The van der Waals surface area contributed by atoms with Gasteiger partial charge in [-0.05, 0) is 25.0 Å². The molecule has 0 saturated heterocycles. The summed E-state index contributed by atoms with van der Waals surface area (Å²) in [7, 11) is 0. The van der Waals surface area contributed by atoms with Crippen LogP contribution in [0.3, 0.4) is 0 Å². The molecule has 0 aliphatic heterocycles. The van der Waals surface area contributed by atoms with Gasteiger partial charge in [0.1, 0.15) is 0 Å². The SMILES string of the molecule is O=C(O)C1(CNCc2ccc(Cl)s2)CC1. The van der Waals surface area contributed by atoms with E-state index in [2.05, 4.69) is 5.32 Å². The first-order valence-corrected chi connectivity index (χ1v) is 6.00. The molecule has 0 unspecified atom stereocenters. The molecule has 1 aromatic rings. The normalized spacial score (nSPS) is 17.7. The Labute approximate surface area is 97.1 Å². The molecule has 1 saturated carbocycles. The molecule has 2 rings (SSSR count). The van der Waals surface area contributed by atoms with E-state index in [0.29, 0.717) is 13.1 Å². The van der Waals surface area contributed by atoms with E-state index in [1.807, 2.05) is 12.1 Å². The Morgan fingerprint density at radius 2 is 2.33 bits per heavy atom. The van der Waals surface area contributed by atoms with Gasteiger partial charge in [0, 0.05) is 18.0 Å². The first-order chi connectivity index (χ1) is 7.12. The summed E-state index contributed by atoms with van der Waals surface area (Å²) in [5, 5.41) is 12.1. The number of carboxylic acids is 1. The highest BCUT2D eigenvalue weighted by Gasteiger charge is 2.49. The highest BCUT2D eigenvalue weighted by atomic mass is 35.5. The van der Waals surface area contributed by atoms with Gasteiger partial charge in [-0.1, -0.05) is 11.6 Å². The van der Waals surface area contributed by atoms with Crippen LogP contribution in [0.2, 0.25) is 4.34 Å². The Kier molecular flexibility index (Phi) is 3.00. The lowest BCUT2D eigenvalue weighted by molar-refractivity contribution is -0.143. The van der Waals surface area contributed by atoms with Gasteiger partial charge in [-0.25, -0.2) is 0 Å². The van der Waals surface area contributed by atoms with E-state index in [1.54, 1.807) is 0 Å². The van der Waals surface area contributed by atoms with Crippen molar-refractivity contribution in [3.63, 3.8) is 0 Å². The van der Waals surface area contributed by atoms with Crippen molar-refractivity contribution in [1.82, 2.24) is 5.32 Å². The molecular formula is C10H12ClNO2S. The third-order valence-electron chi connectivity index (χ3n) is 2.70. The first-order valence-electron chi connectivity index (χ1n) is 4.81. The molecule has 1 aliphatic rings. The highest BCUT2D eigenvalue weighted by molar-refractivity contribution is 7.16. The summed E-state index contributed by atoms with van der Waals surface area (Å²) < 4.78 is 0.770. The van der Waals surface area contributed by atoms with Crippen LogP contribution >= 0.6 is 22.9 Å². The lowest BCUT2D eigenvalue weighted by atomic mass is 10.1. The van der Waals surface area contributed by atoms with Crippen LogP contribution in [0, 0.1) is 5.41 Å². The zero-order valence-electron chi connectivity index (χ0n) is 8.12. The lowest BCUT2D eigenvalue weighted by Gasteiger charge is -2.09. The molecule has 0 aromatic carbocycles. The fraction of sp³-hybridized carbons (Fsp3) is 0.500. The van der Waals surface area contributed by atoms with Gasteiger partial charge >= 0.3 is 5.97 Å². The summed E-state index contributed by atoms with van der Waals surface area (Å²) in [6.45, 7) is 1.25. The van der Waals surface area contributed by atoms with E-state index in [-0.39, 0.29) is 0 Å². The van der Waals surface area contributed by atoms with Crippen LogP contribution in [0.5, 0.6) is 0 Å². The minimum Gasteiger partial charge on any atom is -0.481 e. The minimum absolute atomic E-state index is 0.485. The van der Waals surface area contributed by atoms with Crippen LogP contribution in [-0.4, -0.2) is 17.6 Å². The van der Waals surface area contributed by atoms with Gasteiger partial charge in [-0.2, -0.15) is 0 Å². The molecule has 1 aromatic heterocycles. The highest BCUT2D eigenvalue weighted by Crippen LogP contribution is 2.45. The van der Waals surface area contributed by atoms with Crippen molar-refractivity contribution in [2.75, 3.05) is 6.54 Å². The van der Waals surface area contributed by atoms with Crippen LogP contribution in [0.25, 0.3) is 0 Å². The van der Waals surface area contributed by atoms with Crippen molar-refractivity contribution >= 4 is 28.9 Å². The average molecular weight is 246 g/mol. The Hall–Kier alpha value is -0.580. The van der Waals surface area contributed by atoms with Crippen molar-refractivity contribution in [2.24, 2.45) is 5.41 Å². The molecule has 3 nitrogen and oxygen atoms in total. The van der Waals surface area contributed by atoms with Crippen molar-refractivity contribution in [2.45, 2.75) is 19.4 Å². The molecule has 5 heteroatoms. The number of hydrogen-bond acceptors (Lipinski definition) is 3. The third kappa shape index (κ3) is 2.51. The van der Waals surface area contributed by atoms with Gasteiger partial charge in [0.2, 0.25) is 0 Å². The van der Waals surface area contributed by atoms with E-state index < -0.39 is 11.4 Å². The van der Waals surface area contributed by atoms with Crippen molar-refractivity contribution in [1.29, 1.82) is 0 Å². The maximum atomic E-state index is 10.9. The zero-order valence-corrected chi connectivity index (χ0v) is 9.70. The van der Waals surface area contributed by atoms with Gasteiger partial charge in [-0.15, -0.1) is 11.3 Å². The molecule has 1 aliphatic carbocycles. The van der Waals surface area contributed by atoms with E-state index >= 15 is 0 Å². The molecule has 0 radical (unpaired) electrons. The second-order valence-corrected chi connectivity index (χ2v) is 5.69. The number of nitrogens with one attached hydrogen (secondary N) is 1. The van der Waals surface area contributed by atoms with Crippen LogP contribution in [0.4, 0.5) is 0 Å². The van der Waals surface area contributed by atoms with Crippen LogP contribution < -0.4 is 5.32 Å². The number of carbonyl (C=O) groups is 1. The second-order valence-electron chi connectivity index (χ2n) is 3.89. The Morgan fingerprint density at radius 1 is 1.60 bits per heavy atom. The van der Waals surface area contributed by atoms with Crippen LogP contribution in [-0.2, 0) is 11.3 Å². The van der Waals surface area contributed by atoms with Crippen molar-refractivity contribution in [3.8, 4) is 0 Å². The smallest absolute Gasteiger partial charge is 0.310 e. The molecule has 1 fully saturated rings. The quantitative estimate of drug-likeness (QED) is 0.837. The molecular weight excluding hydrogens is 234 g/mol. The molecule has 15 heavy (non-hydrogen) atoms. The molecule has 0 bridgehead atoms. The molecule has 0 amide bonds. The minimum atomic E-state index is -0.681. The number of carboxylic acid groups (broad SMARTS) is 1. The average Bonchev–Trinajstić information content (AvgIpc) is 2.86. The number of halogens is 1. The Bertz CT molecular complexity index is 373. The molecule has 1 heterocycles. The monoisotopic (exact) mass is 245 g/mol. The number of thiophene rings is 1. The standard InChI is InChI=1S/C10H12ClNO2S/c11-8-2-1-7(15-8)5-12-6-10(3-4-10)9(13)14/h1-2,12H,3-6H2,(H,13,14). The fourth-order valence-corrected chi connectivity index (χ4v) is 2.55. The largest absolute Gasteiger partial charge is 0.481 e. The zero-order chi connectivity index (χ0) is 10.9. The summed E-state index contributed by atoms with van der Waals surface area (Å²) in [5.41, 5.74) is -0.485. The summed E-state index contributed by atoms with van der Waals surface area (Å²) in [6.07, 6.45) is 1.58. The van der Waals surface area contributed by atoms with Gasteiger partial charge < -0.3 is 10.4 Å². The fourth-order valence-electron chi connectivity index (χ4n) is 1.49. The summed E-state index contributed by atoms with van der Waals surface area (Å²) >= 11 is 7.31. The van der Waals surface area contributed by atoms with E-state index in [9.17, 15) is 4.79 Å². The predicted octanol–water partition coefficient (Wildman–Crippen LogP) is 2.36. The van der Waals surface area contributed by atoms with E-state index in [1.165, 1.54) is 11.3 Å². The summed E-state index contributed by atoms with van der Waals surface area (Å²) in [6, 6.07) is 3.81. The number of hydrogen-bond donors (Lipinski definition) is 2. The molecule has 2 N–H and O–H groups in total. The second kappa shape index (κ2) is 4.12. The van der Waals surface area contributed by atoms with Crippen molar-refractivity contribution < 1.29 is 9.90 Å². The number of aliphatic carboxylic acids is 1. The lowest BCUT2D eigenvalue weighted by Crippen LogP contribution is -2.29. The Morgan fingerprint density at radius 3 is 2.80 bits per heavy atom. The van der Waals surface area contributed by atoms with Crippen LogP contribution in [0.1, 0.15) is 17.7 Å². The Balaban J connectivity index is 1.78. The first kappa shape index (κ1) is 10.9. The topological polar surface area (TPSA) is 49.3 Å². The van der Waals surface area contributed by atoms with Crippen LogP contribution in [0.15, 0.2) is 12.1 Å². The maximum absolute atomic E-state index is 10.9. The van der Waals surface area contributed by atoms with E-state index in [4.69, 9.17) is 16.7 Å². The molecule has 0 atom stereocenters. The molecule has 82 valence electrons. The van der Waals surface area contributed by atoms with Gasteiger partial charge in [0.05, 0.1) is 9.75 Å². The maximum Gasteiger partial charge on any atom is 0.310 e. The van der Waals surface area contributed by atoms with Gasteiger partial charge in [-0.3, -0.25) is 4.79 Å².